The number of hydrogen-bond acceptors (Lipinski definition) is 6. The number of hydrogen-bond donors (Lipinski definition) is 1. The van der Waals surface area contributed by atoms with Crippen molar-refractivity contribution in [3.63, 3.8) is 0 Å². The SMILES string of the molecule is C[C@@H](O)[C@H]1C(=O)N2C(C(=O)[O-])=C(CN(c3ccc4ccccc4c3)S(=O)(=O)c3ccccc3)[C@H](C)[C@H]12.[Na+]. The van der Waals surface area contributed by atoms with Gasteiger partial charge in [-0.05, 0) is 47.5 Å². The Morgan fingerprint density at radius 2 is 1.68 bits per heavy atom. The van der Waals surface area contributed by atoms with Gasteiger partial charge in [0.15, 0.2) is 0 Å². The van der Waals surface area contributed by atoms with E-state index < -0.39 is 45.9 Å². The van der Waals surface area contributed by atoms with Gasteiger partial charge >= 0.3 is 29.6 Å². The van der Waals surface area contributed by atoms with Crippen molar-refractivity contribution in [1.82, 2.24) is 4.90 Å². The summed E-state index contributed by atoms with van der Waals surface area (Å²) < 4.78 is 28.9. The number of nitrogens with zero attached hydrogens (tertiary/aromatic N) is 2. The summed E-state index contributed by atoms with van der Waals surface area (Å²) in [5, 5.41) is 24.1. The maximum Gasteiger partial charge on any atom is 1.00 e. The van der Waals surface area contributed by atoms with E-state index in [0.29, 0.717) is 5.69 Å². The molecule has 0 unspecified atom stereocenters. The first-order valence-electron chi connectivity index (χ1n) is 11.6. The van der Waals surface area contributed by atoms with Crippen LogP contribution in [0.5, 0.6) is 0 Å². The predicted molar refractivity (Wildman–Crippen MR) is 132 cm³/mol. The van der Waals surface area contributed by atoms with Crippen molar-refractivity contribution in [2.75, 3.05) is 10.8 Å². The Balaban J connectivity index is 0.00000320. The summed E-state index contributed by atoms with van der Waals surface area (Å²) in [4.78, 5) is 26.1. The maximum absolute atomic E-state index is 13.9. The number of benzene rings is 3. The summed E-state index contributed by atoms with van der Waals surface area (Å²) in [6.07, 6.45) is -0.965. The molecule has 3 aromatic rings. The zero-order valence-electron chi connectivity index (χ0n) is 20.7. The third-order valence-electron chi connectivity index (χ3n) is 7.17. The molecule has 0 aliphatic carbocycles. The van der Waals surface area contributed by atoms with E-state index in [1.807, 2.05) is 30.3 Å². The van der Waals surface area contributed by atoms with Crippen molar-refractivity contribution in [3.8, 4) is 0 Å². The van der Waals surface area contributed by atoms with E-state index in [0.717, 1.165) is 15.7 Å². The number of carboxylic acid groups (broad SMARTS) is 1. The Labute approximate surface area is 237 Å². The van der Waals surface area contributed by atoms with Gasteiger partial charge in [0.05, 0.1) is 46.9 Å². The summed E-state index contributed by atoms with van der Waals surface area (Å²) in [5.41, 5.74) is 0.315. The topological polar surface area (TPSA) is 118 Å². The number of rotatable bonds is 7. The third-order valence-corrected chi connectivity index (χ3v) is 8.96. The standard InChI is InChI=1S/C27H26N2O6S.Na/c1-16-22(25(27(32)33)29-24(16)23(17(2)30)26(29)31)15-28(36(34,35)21-10-4-3-5-11-21)20-13-12-18-8-6-7-9-19(18)14-20;/h3-14,16-17,23-24,30H,15H2,1-2H3,(H,32,33);/q;+1/p-1/t16-,17+,23+,24+;/m0./s1. The van der Waals surface area contributed by atoms with Crippen LogP contribution < -0.4 is 39.0 Å². The number of aliphatic carboxylic acids is 1. The molecule has 1 N–H and O–H groups in total. The summed E-state index contributed by atoms with van der Waals surface area (Å²) in [7, 11) is -4.11. The average Bonchev–Trinajstić information content (AvgIpc) is 3.10. The number of anilines is 1. The molecule has 0 bridgehead atoms. The van der Waals surface area contributed by atoms with Gasteiger partial charge in [-0.1, -0.05) is 55.5 Å². The first-order chi connectivity index (χ1) is 17.1. The van der Waals surface area contributed by atoms with Gasteiger partial charge in [-0.2, -0.15) is 0 Å². The normalized spacial score (nSPS) is 21.8. The van der Waals surface area contributed by atoms with Gasteiger partial charge in [0, 0.05) is 5.92 Å². The largest absolute Gasteiger partial charge is 1.00 e. The molecule has 4 atom stereocenters. The fraction of sp³-hybridized carbons (Fsp3) is 0.259. The first kappa shape index (κ1) is 27.3. The minimum atomic E-state index is -4.11. The van der Waals surface area contributed by atoms with Crippen molar-refractivity contribution >= 4 is 38.4 Å². The predicted octanol–water partition coefficient (Wildman–Crippen LogP) is -1.10. The molecule has 2 aliphatic heterocycles. The van der Waals surface area contributed by atoms with E-state index in [1.165, 1.54) is 23.4 Å². The summed E-state index contributed by atoms with van der Waals surface area (Å²) in [5.74, 6) is -3.30. The van der Waals surface area contributed by atoms with E-state index in [1.54, 1.807) is 37.3 Å². The molecule has 0 aromatic heterocycles. The smallest absolute Gasteiger partial charge is 0.543 e. The van der Waals surface area contributed by atoms with Crippen LogP contribution in [0.25, 0.3) is 10.8 Å². The van der Waals surface area contributed by atoms with Crippen LogP contribution in [-0.2, 0) is 19.6 Å². The molecule has 2 heterocycles. The fourth-order valence-corrected chi connectivity index (χ4v) is 6.82. The van der Waals surface area contributed by atoms with Gasteiger partial charge in [0.25, 0.3) is 10.0 Å². The van der Waals surface area contributed by atoms with Crippen molar-refractivity contribution in [2.24, 2.45) is 11.8 Å². The second-order valence-electron chi connectivity index (χ2n) is 9.27. The van der Waals surface area contributed by atoms with E-state index in [-0.39, 0.29) is 52.3 Å². The van der Waals surface area contributed by atoms with Crippen molar-refractivity contribution in [2.45, 2.75) is 30.9 Å². The number of fused-ring (bicyclic) bond motifs is 2. The molecule has 1 saturated heterocycles. The monoisotopic (exact) mass is 528 g/mol. The molecule has 8 nitrogen and oxygen atoms in total. The number of carbonyl (C=O) groups is 2. The quantitative estimate of drug-likeness (QED) is 0.307. The van der Waals surface area contributed by atoms with Gasteiger partial charge in [0.2, 0.25) is 5.91 Å². The summed E-state index contributed by atoms with van der Waals surface area (Å²) in [6, 6.07) is 20.1. The number of carboxylic acids is 1. The van der Waals surface area contributed by atoms with E-state index in [9.17, 15) is 28.2 Å². The van der Waals surface area contributed by atoms with E-state index in [4.69, 9.17) is 0 Å². The van der Waals surface area contributed by atoms with E-state index in [2.05, 4.69) is 0 Å². The Hall–Kier alpha value is -2.69. The summed E-state index contributed by atoms with van der Waals surface area (Å²) in [6.45, 7) is 2.95. The minimum Gasteiger partial charge on any atom is -0.543 e. The van der Waals surface area contributed by atoms with E-state index >= 15 is 0 Å². The Morgan fingerprint density at radius 1 is 1.05 bits per heavy atom. The Morgan fingerprint density at radius 3 is 2.30 bits per heavy atom. The molecule has 3 aromatic carbocycles. The number of carbonyl (C=O) groups excluding carboxylic acids is 2. The van der Waals surface area contributed by atoms with Gasteiger partial charge < -0.3 is 19.9 Å². The van der Waals surface area contributed by atoms with Crippen LogP contribution in [0.2, 0.25) is 0 Å². The Kier molecular flexibility index (Phi) is 7.56. The molecule has 5 rings (SSSR count). The van der Waals surface area contributed by atoms with Crippen LogP contribution in [0.1, 0.15) is 13.8 Å². The first-order valence-corrected chi connectivity index (χ1v) is 13.1. The molecular weight excluding hydrogens is 503 g/mol. The van der Waals surface area contributed by atoms with Crippen LogP contribution in [-0.4, -0.2) is 49.0 Å². The van der Waals surface area contributed by atoms with Gasteiger partial charge in [-0.3, -0.25) is 9.10 Å². The molecule has 186 valence electrons. The number of amides is 1. The molecule has 0 spiro atoms. The molecule has 37 heavy (non-hydrogen) atoms. The van der Waals surface area contributed by atoms with Gasteiger partial charge in [0.1, 0.15) is 0 Å². The minimum absolute atomic E-state index is 0. The zero-order valence-corrected chi connectivity index (χ0v) is 23.6. The molecule has 1 amide bonds. The zero-order chi connectivity index (χ0) is 25.8. The number of β-lactam (4-membered cyclic amide) rings is 1. The van der Waals surface area contributed by atoms with Crippen LogP contribution in [0.15, 0.2) is 89.0 Å². The van der Waals surface area contributed by atoms with Crippen LogP contribution in [0, 0.1) is 11.8 Å². The van der Waals surface area contributed by atoms with Crippen molar-refractivity contribution in [1.29, 1.82) is 0 Å². The maximum atomic E-state index is 13.9. The molecular formula is C27H25N2NaO6S. The van der Waals surface area contributed by atoms with Crippen LogP contribution >= 0.6 is 0 Å². The van der Waals surface area contributed by atoms with Crippen LogP contribution in [0.3, 0.4) is 0 Å². The second-order valence-corrected chi connectivity index (χ2v) is 11.1. The molecule has 0 saturated carbocycles. The van der Waals surface area contributed by atoms with Crippen LogP contribution in [0.4, 0.5) is 5.69 Å². The third kappa shape index (κ3) is 4.49. The number of aliphatic hydroxyl groups is 1. The molecule has 0 radical (unpaired) electrons. The average molecular weight is 529 g/mol. The molecule has 2 aliphatic rings. The van der Waals surface area contributed by atoms with Gasteiger partial charge in [-0.15, -0.1) is 0 Å². The van der Waals surface area contributed by atoms with Crippen molar-refractivity contribution < 1.29 is 57.8 Å². The Bertz CT molecular complexity index is 1510. The second kappa shape index (κ2) is 10.2. The number of sulfonamides is 1. The van der Waals surface area contributed by atoms with Crippen molar-refractivity contribution in [3.05, 3.63) is 84.1 Å². The molecule has 1 fully saturated rings. The molecule has 10 heteroatoms. The fourth-order valence-electron chi connectivity index (χ4n) is 5.36. The summed E-state index contributed by atoms with van der Waals surface area (Å²) >= 11 is 0. The number of aliphatic hydroxyl groups excluding tert-OH is 1. The van der Waals surface area contributed by atoms with Gasteiger partial charge in [-0.25, -0.2) is 8.42 Å².